The van der Waals surface area contributed by atoms with Crippen LogP contribution in [0.3, 0.4) is 0 Å². The summed E-state index contributed by atoms with van der Waals surface area (Å²) in [6.45, 7) is 4.72. The Hall–Kier alpha value is -0.980. The average molecular weight is 370 g/mol. The number of nitrogens with zero attached hydrogens (tertiary/aromatic N) is 2. The summed E-state index contributed by atoms with van der Waals surface area (Å²) in [5, 5.41) is 4.41. The van der Waals surface area contributed by atoms with E-state index >= 15 is 0 Å². The second kappa shape index (κ2) is 8.76. The monoisotopic (exact) mass is 370 g/mol. The Kier molecular flexibility index (Phi) is 6.99. The minimum absolute atomic E-state index is 0.174. The van der Waals surface area contributed by atoms with E-state index in [0.29, 0.717) is 19.1 Å². The lowest BCUT2D eigenvalue weighted by Crippen LogP contribution is -2.21. The van der Waals surface area contributed by atoms with Crippen LogP contribution in [-0.4, -0.2) is 23.0 Å². The third-order valence-corrected chi connectivity index (χ3v) is 8.18. The van der Waals surface area contributed by atoms with E-state index < -0.39 is 5.69 Å². The summed E-state index contributed by atoms with van der Waals surface area (Å²) in [5.74, 6) is 0.302. The molecule has 5 nitrogen and oxygen atoms in total. The molecule has 0 saturated heterocycles. The molecular formula is C15H19N2O3PS2. The molecule has 0 spiro atoms. The van der Waals surface area contributed by atoms with Crippen LogP contribution in [0.25, 0.3) is 11.3 Å². The van der Waals surface area contributed by atoms with Crippen molar-refractivity contribution in [1.29, 1.82) is 0 Å². The smallest absolute Gasteiger partial charge is 0.267 e. The third kappa shape index (κ3) is 5.26. The predicted molar refractivity (Wildman–Crippen MR) is 99.1 cm³/mol. The van der Waals surface area contributed by atoms with Gasteiger partial charge in [-0.15, -0.1) is 0 Å². The maximum absolute atomic E-state index is 12.0. The SMILES string of the molecule is CCOP(=S)(OCC)SCn1nc(-c2ccccc2)ccc1=O. The molecule has 0 aliphatic carbocycles. The van der Waals surface area contributed by atoms with Gasteiger partial charge in [0.1, 0.15) is 0 Å². The lowest BCUT2D eigenvalue weighted by Gasteiger charge is -2.20. The van der Waals surface area contributed by atoms with Crippen molar-refractivity contribution in [3.05, 3.63) is 52.8 Å². The van der Waals surface area contributed by atoms with Crippen LogP contribution in [0.1, 0.15) is 13.8 Å². The molecule has 0 amide bonds. The fraction of sp³-hybridized carbons (Fsp3) is 0.333. The Balaban J connectivity index is 2.20. The van der Waals surface area contributed by atoms with E-state index in [9.17, 15) is 4.79 Å². The molecule has 0 aliphatic heterocycles. The van der Waals surface area contributed by atoms with Crippen LogP contribution in [-0.2, 0) is 26.7 Å². The highest BCUT2D eigenvalue weighted by atomic mass is 32.9. The summed E-state index contributed by atoms with van der Waals surface area (Å²) in [5.41, 5.74) is -0.915. The first kappa shape index (κ1) is 18.4. The summed E-state index contributed by atoms with van der Waals surface area (Å²) in [7, 11) is 0. The molecule has 0 fully saturated rings. The van der Waals surface area contributed by atoms with Crippen molar-refractivity contribution in [2.75, 3.05) is 13.2 Å². The second-order valence-corrected chi connectivity index (χ2v) is 10.7. The maximum atomic E-state index is 12.0. The van der Waals surface area contributed by atoms with Gasteiger partial charge in [0.15, 0.2) is 0 Å². The molecule has 0 N–H and O–H groups in total. The van der Waals surface area contributed by atoms with Gasteiger partial charge in [0.05, 0.1) is 24.8 Å². The largest absolute Gasteiger partial charge is 0.322 e. The van der Waals surface area contributed by atoms with Gasteiger partial charge in [0.25, 0.3) is 5.56 Å². The quantitative estimate of drug-likeness (QED) is 0.657. The molecule has 23 heavy (non-hydrogen) atoms. The highest BCUT2D eigenvalue weighted by Gasteiger charge is 2.19. The first-order valence-electron chi connectivity index (χ1n) is 7.25. The fourth-order valence-electron chi connectivity index (χ4n) is 1.86. The Morgan fingerprint density at radius 1 is 1.13 bits per heavy atom. The number of hydrogen-bond acceptors (Lipinski definition) is 6. The van der Waals surface area contributed by atoms with Crippen LogP contribution in [0.2, 0.25) is 0 Å². The van der Waals surface area contributed by atoms with Gasteiger partial charge in [0, 0.05) is 11.6 Å². The van der Waals surface area contributed by atoms with Gasteiger partial charge in [-0.05, 0) is 43.1 Å². The maximum Gasteiger partial charge on any atom is 0.267 e. The van der Waals surface area contributed by atoms with Crippen LogP contribution in [0, 0.1) is 0 Å². The molecule has 1 aromatic heterocycles. The van der Waals surface area contributed by atoms with Crippen LogP contribution in [0.5, 0.6) is 0 Å². The molecule has 0 atom stereocenters. The zero-order chi connectivity index (χ0) is 16.7. The van der Waals surface area contributed by atoms with Crippen LogP contribution >= 0.6 is 17.1 Å². The van der Waals surface area contributed by atoms with E-state index in [1.165, 1.54) is 22.1 Å². The number of hydrogen-bond donors (Lipinski definition) is 0. The van der Waals surface area contributed by atoms with Crippen LogP contribution in [0.15, 0.2) is 47.3 Å². The Morgan fingerprint density at radius 2 is 1.78 bits per heavy atom. The van der Waals surface area contributed by atoms with E-state index in [1.807, 2.05) is 44.2 Å². The van der Waals surface area contributed by atoms with Gasteiger partial charge in [0.2, 0.25) is 5.69 Å². The van der Waals surface area contributed by atoms with Crippen molar-refractivity contribution in [3.63, 3.8) is 0 Å². The van der Waals surface area contributed by atoms with Gasteiger partial charge in [-0.3, -0.25) is 4.79 Å². The molecule has 8 heteroatoms. The minimum Gasteiger partial charge on any atom is -0.322 e. The van der Waals surface area contributed by atoms with Crippen LogP contribution < -0.4 is 5.56 Å². The van der Waals surface area contributed by atoms with Gasteiger partial charge < -0.3 is 9.05 Å². The average Bonchev–Trinajstić information content (AvgIpc) is 2.55. The molecule has 0 unspecified atom stereocenters. The normalized spacial score (nSPS) is 11.6. The highest BCUT2D eigenvalue weighted by molar-refractivity contribution is 8.67. The molecule has 0 bridgehead atoms. The van der Waals surface area contributed by atoms with E-state index in [1.54, 1.807) is 6.07 Å². The summed E-state index contributed by atoms with van der Waals surface area (Å²) >= 11 is 6.78. The van der Waals surface area contributed by atoms with E-state index in [2.05, 4.69) is 5.10 Å². The van der Waals surface area contributed by atoms with Crippen LogP contribution in [0.4, 0.5) is 0 Å². The molecule has 124 valence electrons. The first-order valence-corrected chi connectivity index (χ1v) is 11.5. The zero-order valence-electron chi connectivity index (χ0n) is 13.0. The molecule has 0 saturated carbocycles. The molecule has 1 heterocycles. The van der Waals surface area contributed by atoms with Crippen molar-refractivity contribution in [1.82, 2.24) is 9.78 Å². The molecule has 2 rings (SSSR count). The van der Waals surface area contributed by atoms with Gasteiger partial charge in [-0.25, -0.2) is 4.68 Å². The van der Waals surface area contributed by atoms with Gasteiger partial charge in [-0.2, -0.15) is 5.10 Å². The minimum atomic E-state index is -2.44. The molecule has 0 aliphatic rings. The Morgan fingerprint density at radius 3 is 2.39 bits per heavy atom. The first-order chi connectivity index (χ1) is 11.1. The lowest BCUT2D eigenvalue weighted by atomic mass is 10.1. The van der Waals surface area contributed by atoms with E-state index in [0.717, 1.165) is 11.3 Å². The number of rotatable bonds is 8. The fourth-order valence-corrected chi connectivity index (χ4v) is 6.04. The molecule has 0 radical (unpaired) electrons. The zero-order valence-corrected chi connectivity index (χ0v) is 15.6. The standard InChI is InChI=1S/C15H19N2O3PS2/c1-3-19-21(22,20-4-2)23-12-17-15(18)11-10-14(16-17)13-8-6-5-7-9-13/h5-11H,3-4,12H2,1-2H3. The summed E-state index contributed by atoms with van der Waals surface area (Å²) in [6.07, 6.45) is 0. The topological polar surface area (TPSA) is 53.4 Å². The third-order valence-electron chi connectivity index (χ3n) is 2.85. The lowest BCUT2D eigenvalue weighted by molar-refractivity contribution is 0.280. The van der Waals surface area contributed by atoms with E-state index in [4.69, 9.17) is 20.9 Å². The van der Waals surface area contributed by atoms with Gasteiger partial charge in [-0.1, -0.05) is 30.3 Å². The summed E-state index contributed by atoms with van der Waals surface area (Å²) in [4.78, 5) is 12.0. The molecule has 1 aromatic carbocycles. The Labute approximate surface area is 144 Å². The van der Waals surface area contributed by atoms with E-state index in [-0.39, 0.29) is 5.56 Å². The number of benzene rings is 1. The summed E-state index contributed by atoms with van der Waals surface area (Å²) in [6, 6.07) is 13.0. The molecular weight excluding hydrogens is 351 g/mol. The predicted octanol–water partition coefficient (Wildman–Crippen LogP) is 3.90. The Bertz CT molecular complexity index is 727. The second-order valence-electron chi connectivity index (χ2n) is 4.46. The van der Waals surface area contributed by atoms with Gasteiger partial charge >= 0.3 is 0 Å². The van der Waals surface area contributed by atoms with Crippen molar-refractivity contribution >= 4 is 28.9 Å². The molecule has 2 aromatic rings. The highest BCUT2D eigenvalue weighted by Crippen LogP contribution is 2.61. The van der Waals surface area contributed by atoms with Crippen molar-refractivity contribution in [3.8, 4) is 11.3 Å². The van der Waals surface area contributed by atoms with Crippen molar-refractivity contribution in [2.45, 2.75) is 19.7 Å². The number of aromatic nitrogens is 2. The summed E-state index contributed by atoms with van der Waals surface area (Å²) < 4.78 is 12.5. The van der Waals surface area contributed by atoms with Crippen molar-refractivity contribution < 1.29 is 9.05 Å². The van der Waals surface area contributed by atoms with Crippen molar-refractivity contribution in [2.24, 2.45) is 0 Å².